The van der Waals surface area contributed by atoms with Crippen LogP contribution < -0.4 is 4.74 Å². The van der Waals surface area contributed by atoms with Crippen LogP contribution in [0.4, 0.5) is 13.2 Å². The molecule has 6 aromatic carbocycles. The first-order chi connectivity index (χ1) is 21.1. The van der Waals surface area contributed by atoms with Gasteiger partial charge in [0.2, 0.25) is 4.90 Å². The topological polar surface area (TPSA) is 63.6 Å². The lowest BCUT2D eigenvalue weighted by atomic mass is 9.98. The second-order valence-corrected chi connectivity index (χ2v) is 13.1. The maximum atomic E-state index is 10.7. The molecule has 9 heteroatoms. The van der Waals surface area contributed by atoms with Gasteiger partial charge in [-0.2, -0.15) is 21.6 Å². The Bertz CT molecular complexity index is 1920. The lowest BCUT2D eigenvalue weighted by Crippen LogP contribution is -2.21. The number of halogens is 3. The van der Waals surface area contributed by atoms with Crippen molar-refractivity contribution in [1.82, 2.24) is 0 Å². The zero-order chi connectivity index (χ0) is 31.2. The lowest BCUT2D eigenvalue weighted by molar-refractivity contribution is -0.0510. The Balaban J connectivity index is 0.000000426. The minimum Gasteiger partial charge on any atom is -0.488 e. The molecule has 0 fully saturated rings. The van der Waals surface area contributed by atoms with Crippen molar-refractivity contribution >= 4 is 42.6 Å². The molecule has 1 N–H and O–H groups in total. The van der Waals surface area contributed by atoms with E-state index in [4.69, 9.17) is 17.7 Å². The van der Waals surface area contributed by atoms with Crippen molar-refractivity contribution in [2.24, 2.45) is 0 Å². The van der Waals surface area contributed by atoms with E-state index < -0.39 is 15.6 Å². The van der Waals surface area contributed by atoms with Crippen LogP contribution in [0.25, 0.3) is 21.5 Å². The van der Waals surface area contributed by atoms with E-state index in [1.165, 1.54) is 41.8 Å². The van der Waals surface area contributed by atoms with Gasteiger partial charge in [0.25, 0.3) is 0 Å². The van der Waals surface area contributed by atoms with Crippen molar-refractivity contribution < 1.29 is 30.9 Å². The Labute approximate surface area is 256 Å². The van der Waals surface area contributed by atoms with E-state index in [1.54, 1.807) is 0 Å². The molecule has 0 unspecified atom stereocenters. The van der Waals surface area contributed by atoms with Gasteiger partial charge in [-0.1, -0.05) is 91.0 Å². The van der Waals surface area contributed by atoms with Crippen molar-refractivity contribution in [2.45, 2.75) is 26.6 Å². The fourth-order valence-electron chi connectivity index (χ4n) is 4.76. The first kappa shape index (κ1) is 31.1. The van der Waals surface area contributed by atoms with Crippen molar-refractivity contribution in [2.75, 3.05) is 6.61 Å². The molecular weight excluding hydrogens is 606 g/mol. The Morgan fingerprint density at radius 2 is 1.14 bits per heavy atom. The van der Waals surface area contributed by atoms with E-state index in [1.807, 2.05) is 0 Å². The fourth-order valence-corrected chi connectivity index (χ4v) is 6.94. The van der Waals surface area contributed by atoms with Gasteiger partial charge in [0.05, 0.1) is 6.61 Å². The average molecular weight is 634 g/mol. The Kier molecular flexibility index (Phi) is 9.58. The van der Waals surface area contributed by atoms with E-state index in [9.17, 15) is 13.2 Å². The summed E-state index contributed by atoms with van der Waals surface area (Å²) < 4.78 is 64.1. The SMILES string of the molecule is O=S(=O)(O)C(F)(F)F.c1ccc([S+](c2ccccc2)c2ccccc2OCCc2cccc3cc4ccccc4cc23)cc1. The van der Waals surface area contributed by atoms with Gasteiger partial charge in [0.1, 0.15) is 10.9 Å². The molecule has 4 nitrogen and oxygen atoms in total. The average Bonchev–Trinajstić information content (AvgIpc) is 3.01. The summed E-state index contributed by atoms with van der Waals surface area (Å²) in [6, 6.07) is 49.7. The van der Waals surface area contributed by atoms with Gasteiger partial charge in [0, 0.05) is 6.42 Å². The molecule has 6 aromatic rings. The number of fused-ring (bicyclic) bond motifs is 2. The molecule has 0 aromatic heterocycles. The van der Waals surface area contributed by atoms with Crippen LogP contribution >= 0.6 is 0 Å². The number of hydrogen-bond acceptors (Lipinski definition) is 3. The molecule has 0 heterocycles. The first-order valence-electron chi connectivity index (χ1n) is 13.6. The third-order valence-corrected chi connectivity index (χ3v) is 9.63. The summed E-state index contributed by atoms with van der Waals surface area (Å²) in [5.74, 6) is 0.958. The molecule has 0 bridgehead atoms. The van der Waals surface area contributed by atoms with Gasteiger partial charge in [-0.25, -0.2) is 0 Å². The number of benzene rings is 6. The fraction of sp³-hybridized carbons (Fsp3) is 0.0857. The molecule has 0 aliphatic rings. The second kappa shape index (κ2) is 13.5. The van der Waals surface area contributed by atoms with Crippen molar-refractivity contribution in [3.8, 4) is 5.75 Å². The van der Waals surface area contributed by atoms with E-state index in [2.05, 4.69) is 140 Å². The Morgan fingerprint density at radius 1 is 0.636 bits per heavy atom. The van der Waals surface area contributed by atoms with Crippen LogP contribution in [0.5, 0.6) is 5.75 Å². The van der Waals surface area contributed by atoms with Gasteiger partial charge < -0.3 is 4.74 Å². The van der Waals surface area contributed by atoms with E-state index in [-0.39, 0.29) is 10.9 Å². The summed E-state index contributed by atoms with van der Waals surface area (Å²) >= 11 is 0. The predicted octanol–water partition coefficient (Wildman–Crippen LogP) is 9.10. The smallest absolute Gasteiger partial charge is 0.488 e. The van der Waals surface area contributed by atoms with Crippen LogP contribution in [-0.4, -0.2) is 25.1 Å². The highest BCUT2D eigenvalue weighted by Crippen LogP contribution is 2.36. The van der Waals surface area contributed by atoms with Gasteiger partial charge in [-0.3, -0.25) is 4.55 Å². The summed E-state index contributed by atoms with van der Waals surface area (Å²) in [7, 11) is -6.08. The monoisotopic (exact) mass is 633 g/mol. The summed E-state index contributed by atoms with van der Waals surface area (Å²) in [5, 5.41) is 5.14. The minimum atomic E-state index is -5.84. The highest BCUT2D eigenvalue weighted by Gasteiger charge is 2.44. The standard InChI is InChI=1S/C34H27OS.CHF3O3S/c1-3-16-30(17-4-1)36(31-18-5-2-6-19-31)34-21-10-9-20-33(34)35-23-22-26-14-11-15-29-24-27-12-7-8-13-28(27)25-32(26)29;2-1(3,4)8(5,6)7/h1-21,24-25H,22-23H2;(H,5,6,7)/q+1;. The summed E-state index contributed by atoms with van der Waals surface area (Å²) in [6.45, 7) is 0.629. The Morgan fingerprint density at radius 3 is 1.73 bits per heavy atom. The van der Waals surface area contributed by atoms with Crippen LogP contribution in [-0.2, 0) is 27.4 Å². The van der Waals surface area contributed by atoms with Gasteiger partial charge >= 0.3 is 15.6 Å². The summed E-state index contributed by atoms with van der Waals surface area (Å²) in [4.78, 5) is 3.81. The van der Waals surface area contributed by atoms with Crippen LogP contribution in [0.2, 0.25) is 0 Å². The maximum Gasteiger partial charge on any atom is 0.522 e. The van der Waals surface area contributed by atoms with Crippen LogP contribution in [0.3, 0.4) is 0 Å². The maximum absolute atomic E-state index is 10.7. The molecule has 0 aliphatic carbocycles. The molecule has 0 amide bonds. The third-order valence-electron chi connectivity index (χ3n) is 6.79. The number of hydrogen-bond donors (Lipinski definition) is 1. The minimum absolute atomic E-state index is 0.237. The summed E-state index contributed by atoms with van der Waals surface area (Å²) in [6.07, 6.45) is 0.856. The highest BCUT2D eigenvalue weighted by atomic mass is 32.2. The molecule has 0 radical (unpaired) electrons. The molecule has 0 saturated carbocycles. The third kappa shape index (κ3) is 7.42. The molecule has 0 atom stereocenters. The van der Waals surface area contributed by atoms with E-state index in [0.717, 1.165) is 12.2 Å². The normalized spacial score (nSPS) is 11.8. The predicted molar refractivity (Wildman–Crippen MR) is 170 cm³/mol. The largest absolute Gasteiger partial charge is 0.522 e. The van der Waals surface area contributed by atoms with Gasteiger partial charge in [0.15, 0.2) is 15.5 Å². The molecule has 0 saturated heterocycles. The molecule has 0 aliphatic heterocycles. The highest BCUT2D eigenvalue weighted by molar-refractivity contribution is 7.97. The molecule has 0 spiro atoms. The van der Waals surface area contributed by atoms with Crippen molar-refractivity contribution in [3.63, 3.8) is 0 Å². The number of rotatable bonds is 7. The number of ether oxygens (including phenoxy) is 1. The summed E-state index contributed by atoms with van der Waals surface area (Å²) in [5.41, 5.74) is -4.21. The van der Waals surface area contributed by atoms with Gasteiger partial charge in [-0.15, -0.1) is 0 Å². The zero-order valence-corrected chi connectivity index (χ0v) is 24.9. The lowest BCUT2D eigenvalue weighted by Gasteiger charge is -2.14. The van der Waals surface area contributed by atoms with Crippen molar-refractivity contribution in [1.29, 1.82) is 0 Å². The Hall–Kier alpha value is -4.31. The molecule has 44 heavy (non-hydrogen) atoms. The van der Waals surface area contributed by atoms with Crippen LogP contribution in [0, 0.1) is 0 Å². The zero-order valence-electron chi connectivity index (χ0n) is 23.3. The quantitative estimate of drug-likeness (QED) is 0.0825. The molecule has 224 valence electrons. The number of para-hydroxylation sites is 1. The first-order valence-corrected chi connectivity index (χ1v) is 16.3. The van der Waals surface area contributed by atoms with Gasteiger partial charge in [-0.05, 0) is 75.6 Å². The van der Waals surface area contributed by atoms with E-state index >= 15 is 0 Å². The van der Waals surface area contributed by atoms with Crippen LogP contribution in [0.1, 0.15) is 5.56 Å². The molecular formula is C35H28F3O4S2+. The van der Waals surface area contributed by atoms with Crippen LogP contribution in [0.15, 0.2) is 154 Å². The second-order valence-electron chi connectivity index (χ2n) is 9.74. The molecule has 6 rings (SSSR count). The number of alkyl halides is 3. The van der Waals surface area contributed by atoms with Crippen molar-refractivity contribution in [3.05, 3.63) is 145 Å². The van der Waals surface area contributed by atoms with E-state index in [0.29, 0.717) is 6.61 Å².